The van der Waals surface area contributed by atoms with Gasteiger partial charge in [-0.15, -0.1) is 6.58 Å². The third-order valence-electron chi connectivity index (χ3n) is 9.28. The lowest BCUT2D eigenvalue weighted by Crippen LogP contribution is -2.58. The molecule has 5 atom stereocenters. The van der Waals surface area contributed by atoms with E-state index in [2.05, 4.69) is 22.5 Å². The fraction of sp³-hybridized carbons (Fsp3) is 0.553. The first-order valence-electron chi connectivity index (χ1n) is 17.1. The van der Waals surface area contributed by atoms with E-state index in [-0.39, 0.29) is 60.7 Å². The first kappa shape index (κ1) is 38.7. The normalized spacial score (nSPS) is 23.3. The van der Waals surface area contributed by atoms with Crippen molar-refractivity contribution in [3.05, 3.63) is 76.9 Å². The molecule has 1 unspecified atom stereocenters. The van der Waals surface area contributed by atoms with E-state index in [1.54, 1.807) is 24.0 Å². The van der Waals surface area contributed by atoms with Crippen LogP contribution < -0.4 is 20.7 Å². The summed E-state index contributed by atoms with van der Waals surface area (Å²) in [6.07, 6.45) is 4.02. The molecule has 0 aliphatic carbocycles. The fourth-order valence-corrected chi connectivity index (χ4v) is 6.54. The maximum Gasteiger partial charge on any atom is 0.243 e. The minimum absolute atomic E-state index is 0.150. The van der Waals surface area contributed by atoms with Gasteiger partial charge in [0.05, 0.1) is 6.61 Å². The van der Waals surface area contributed by atoms with E-state index in [1.165, 1.54) is 12.1 Å². The molecule has 0 radical (unpaired) electrons. The van der Waals surface area contributed by atoms with Crippen LogP contribution in [0.2, 0.25) is 0 Å². The van der Waals surface area contributed by atoms with E-state index in [0.29, 0.717) is 48.9 Å². The van der Waals surface area contributed by atoms with E-state index in [4.69, 9.17) is 4.74 Å². The molecule has 0 saturated carbocycles. The van der Waals surface area contributed by atoms with E-state index >= 15 is 8.78 Å². The molecule has 8 nitrogen and oxygen atoms in total. The Labute approximate surface area is 285 Å². The molecule has 10 heteroatoms. The fourth-order valence-electron chi connectivity index (χ4n) is 6.54. The first-order valence-corrected chi connectivity index (χ1v) is 17.1. The molecule has 0 aromatic heterocycles. The number of carbonyl (C=O) groups is 3. The summed E-state index contributed by atoms with van der Waals surface area (Å²) in [6.45, 7) is 13.9. The number of nitrogens with one attached hydrogen (secondary N) is 3. The third-order valence-corrected chi connectivity index (χ3v) is 9.28. The van der Waals surface area contributed by atoms with Crippen LogP contribution in [0.3, 0.4) is 0 Å². The summed E-state index contributed by atoms with van der Waals surface area (Å²) in [5, 5.41) is 8.77. The number of amides is 3. The van der Waals surface area contributed by atoms with E-state index in [1.807, 2.05) is 53.9 Å². The summed E-state index contributed by atoms with van der Waals surface area (Å²) in [4.78, 5) is 43.2. The quantitative estimate of drug-likeness (QED) is 0.338. The second kappa shape index (κ2) is 18.1. The molecule has 2 aromatic rings. The van der Waals surface area contributed by atoms with Crippen LogP contribution in [0.5, 0.6) is 5.75 Å². The average Bonchev–Trinajstić information content (AvgIpc) is 3.02. The minimum Gasteiger partial charge on any atom is -0.490 e. The van der Waals surface area contributed by atoms with Crippen LogP contribution in [0, 0.1) is 42.2 Å². The predicted octanol–water partition coefficient (Wildman–Crippen LogP) is 5.15. The number of carbonyl (C=O) groups excluding carboxylic acids is 3. The number of rotatable bonds is 8. The van der Waals surface area contributed by atoms with Crippen LogP contribution in [0.4, 0.5) is 8.78 Å². The lowest BCUT2D eigenvalue weighted by molar-refractivity contribution is -0.135. The number of aryl methyl sites for hydroxylation is 1. The predicted molar refractivity (Wildman–Crippen MR) is 186 cm³/mol. The second-order valence-corrected chi connectivity index (χ2v) is 13.7. The molecule has 2 aromatic carbocycles. The molecule has 1 heterocycles. The Kier molecular flexibility index (Phi) is 14.6. The van der Waals surface area contributed by atoms with Crippen molar-refractivity contribution >= 4 is 17.7 Å². The van der Waals surface area contributed by atoms with E-state index in [0.717, 1.165) is 5.56 Å². The Hall–Kier alpha value is -3.79. The Morgan fingerprint density at radius 3 is 2.44 bits per heavy atom. The van der Waals surface area contributed by atoms with Gasteiger partial charge in [0, 0.05) is 19.0 Å². The van der Waals surface area contributed by atoms with Crippen molar-refractivity contribution in [2.24, 2.45) is 23.7 Å². The standard InChI is InChI=1S/C38H54F2N4O4/c1-9-13-28-18-26(20-32(40)25(28)6)19-30-29(10-2)24(5)22-48-35-27(14-11-16-31(35)39)15-12-17-41-37(46)33(21-44(7)8)42-38(47)34(23(3)4)43-36(30)45/h9,11,14,16,18,20,23-24,29-30,33-34H,1,10,12-13,15,17,19,21-22H2,2-8H3,(H,41,46)(H,42,47)(H,43,45)/t24-,29?,30-,33-,34+/m0/s1. The highest BCUT2D eigenvalue weighted by Gasteiger charge is 2.36. The molecule has 3 N–H and O–H groups in total. The van der Waals surface area contributed by atoms with Crippen LogP contribution >= 0.6 is 0 Å². The number of nitrogens with zero attached hydrogens (tertiary/aromatic N) is 1. The van der Waals surface area contributed by atoms with Crippen molar-refractivity contribution < 1.29 is 27.9 Å². The molecule has 1 aliphatic rings. The minimum atomic E-state index is -0.924. The average molecular weight is 669 g/mol. The monoisotopic (exact) mass is 668 g/mol. The second-order valence-electron chi connectivity index (χ2n) is 13.7. The highest BCUT2D eigenvalue weighted by atomic mass is 19.1. The molecule has 0 fully saturated rings. The molecule has 0 saturated heterocycles. The summed E-state index contributed by atoms with van der Waals surface area (Å²) >= 11 is 0. The molecular weight excluding hydrogens is 614 g/mol. The topological polar surface area (TPSA) is 99.8 Å². The van der Waals surface area contributed by atoms with Crippen LogP contribution in [-0.4, -0.2) is 68.5 Å². The van der Waals surface area contributed by atoms with Crippen LogP contribution in [0.25, 0.3) is 0 Å². The number of hydrogen-bond donors (Lipinski definition) is 3. The maximum atomic E-state index is 15.1. The lowest BCUT2D eigenvalue weighted by atomic mass is 9.76. The molecular formula is C38H54F2N4O4. The Morgan fingerprint density at radius 1 is 1.06 bits per heavy atom. The van der Waals surface area contributed by atoms with Crippen LogP contribution in [-0.2, 0) is 33.6 Å². The van der Waals surface area contributed by atoms with Crippen molar-refractivity contribution in [3.63, 3.8) is 0 Å². The summed E-state index contributed by atoms with van der Waals surface area (Å²) < 4.78 is 36.4. The zero-order chi connectivity index (χ0) is 35.5. The molecule has 1 aliphatic heterocycles. The number of halogens is 2. The van der Waals surface area contributed by atoms with Gasteiger partial charge in [-0.1, -0.05) is 58.4 Å². The molecule has 0 spiro atoms. The van der Waals surface area contributed by atoms with Gasteiger partial charge in [0.25, 0.3) is 0 Å². The van der Waals surface area contributed by atoms with Gasteiger partial charge < -0.3 is 25.6 Å². The van der Waals surface area contributed by atoms with Gasteiger partial charge in [0.2, 0.25) is 17.7 Å². The van der Waals surface area contributed by atoms with Crippen molar-refractivity contribution in [1.29, 1.82) is 0 Å². The van der Waals surface area contributed by atoms with E-state index in [9.17, 15) is 14.4 Å². The van der Waals surface area contributed by atoms with Gasteiger partial charge in [-0.05, 0) is 98.8 Å². The van der Waals surface area contributed by atoms with Gasteiger partial charge in [-0.3, -0.25) is 14.4 Å². The molecule has 48 heavy (non-hydrogen) atoms. The number of ether oxygens (including phenoxy) is 1. The summed E-state index contributed by atoms with van der Waals surface area (Å²) in [7, 11) is 3.62. The first-order chi connectivity index (χ1) is 22.8. The highest BCUT2D eigenvalue weighted by molar-refractivity contribution is 5.92. The Balaban J connectivity index is 2.08. The largest absolute Gasteiger partial charge is 0.490 e. The van der Waals surface area contributed by atoms with Crippen molar-refractivity contribution in [2.45, 2.75) is 78.8 Å². The Morgan fingerprint density at radius 2 is 1.79 bits per heavy atom. The lowest BCUT2D eigenvalue weighted by Gasteiger charge is -2.33. The number of likely N-dealkylation sites (N-methyl/N-ethyl adjacent to an activating group) is 1. The van der Waals surface area contributed by atoms with Gasteiger partial charge in [-0.2, -0.15) is 0 Å². The zero-order valence-electron chi connectivity index (χ0n) is 29.6. The van der Waals surface area contributed by atoms with Crippen molar-refractivity contribution in [1.82, 2.24) is 20.9 Å². The van der Waals surface area contributed by atoms with Crippen molar-refractivity contribution in [3.8, 4) is 5.75 Å². The highest BCUT2D eigenvalue weighted by Crippen LogP contribution is 2.32. The van der Waals surface area contributed by atoms with Crippen molar-refractivity contribution in [2.75, 3.05) is 33.8 Å². The zero-order valence-corrected chi connectivity index (χ0v) is 29.6. The summed E-state index contributed by atoms with van der Waals surface area (Å²) in [5.74, 6) is -3.23. The SMILES string of the molecule is C=CCc1cc(C[C@@H]2C(=O)N[C@H](C(C)C)C(=O)N[C@@H](CN(C)C)C(=O)NCCCc3cccc(F)c3OC[C@H](C)C2CC)cc(F)c1C. The summed E-state index contributed by atoms with van der Waals surface area (Å²) in [6, 6.07) is 6.40. The molecule has 3 amide bonds. The third kappa shape index (κ3) is 10.4. The number of allylic oxidation sites excluding steroid dienone is 1. The number of benzene rings is 2. The molecule has 3 rings (SSSR count). The molecule has 0 bridgehead atoms. The number of fused-ring (bicyclic) bond motifs is 1. The van der Waals surface area contributed by atoms with E-state index < -0.39 is 29.7 Å². The van der Waals surface area contributed by atoms with Gasteiger partial charge >= 0.3 is 0 Å². The molecule has 264 valence electrons. The number of hydrogen-bond acceptors (Lipinski definition) is 5. The van der Waals surface area contributed by atoms with Crippen LogP contribution in [0.15, 0.2) is 43.0 Å². The number of para-hydroxylation sites is 1. The van der Waals surface area contributed by atoms with Crippen LogP contribution in [0.1, 0.15) is 62.8 Å². The summed E-state index contributed by atoms with van der Waals surface area (Å²) in [5.41, 5.74) is 2.67. The Bertz CT molecular complexity index is 1430. The maximum absolute atomic E-state index is 15.1. The van der Waals surface area contributed by atoms with Gasteiger partial charge in [0.15, 0.2) is 11.6 Å². The van der Waals surface area contributed by atoms with Gasteiger partial charge in [-0.25, -0.2) is 8.78 Å². The van der Waals surface area contributed by atoms with Gasteiger partial charge in [0.1, 0.15) is 17.9 Å². The smallest absolute Gasteiger partial charge is 0.243 e.